The van der Waals surface area contributed by atoms with Gasteiger partial charge in [0.25, 0.3) is 5.56 Å². The molecule has 0 saturated carbocycles. The normalized spacial score (nSPS) is 17.4. The summed E-state index contributed by atoms with van der Waals surface area (Å²) in [4.78, 5) is 33.3. The molecule has 1 aromatic heterocycles. The molecule has 8 nitrogen and oxygen atoms in total. The molecular formula is C25H28N4O4. The number of aromatic nitrogens is 1. The molecule has 1 saturated heterocycles. The minimum atomic E-state index is -0.214. The lowest BCUT2D eigenvalue weighted by atomic mass is 10.1. The van der Waals surface area contributed by atoms with E-state index in [1.807, 2.05) is 42.5 Å². The zero-order valence-corrected chi connectivity index (χ0v) is 18.7. The molecule has 5 rings (SSSR count). The number of hydrogen-bond acceptors (Lipinski definition) is 5. The number of likely N-dealkylation sites (N-methyl/N-ethyl adjacent to an activating group) is 1. The second-order valence-electron chi connectivity index (χ2n) is 8.52. The van der Waals surface area contributed by atoms with Gasteiger partial charge >= 0.3 is 6.03 Å². The summed E-state index contributed by atoms with van der Waals surface area (Å²) in [6.07, 6.45) is 2.16. The number of urea groups is 1. The fraction of sp³-hybridized carbons (Fsp3) is 0.360. The summed E-state index contributed by atoms with van der Waals surface area (Å²) in [6.45, 7) is 5.08. The SMILES string of the molecule is CCN1CCCC1CN(Cc1cc2cc3c(cc2[nH]c1=O)OCO3)C(=O)Nc1ccccc1. The molecule has 172 valence electrons. The minimum Gasteiger partial charge on any atom is -0.454 e. The average Bonchev–Trinajstić information content (AvgIpc) is 3.46. The Labute approximate surface area is 192 Å². The maximum Gasteiger partial charge on any atom is 0.322 e. The molecule has 1 fully saturated rings. The quantitative estimate of drug-likeness (QED) is 0.599. The second-order valence-corrected chi connectivity index (χ2v) is 8.52. The number of rotatable bonds is 6. The van der Waals surface area contributed by atoms with Crippen molar-refractivity contribution in [3.63, 3.8) is 0 Å². The van der Waals surface area contributed by atoms with Gasteiger partial charge in [0.2, 0.25) is 6.79 Å². The van der Waals surface area contributed by atoms with Crippen molar-refractivity contribution in [1.82, 2.24) is 14.8 Å². The summed E-state index contributed by atoms with van der Waals surface area (Å²) in [6, 6.07) is 14.9. The van der Waals surface area contributed by atoms with Gasteiger partial charge in [-0.05, 0) is 50.2 Å². The van der Waals surface area contributed by atoms with E-state index in [1.165, 1.54) is 0 Å². The highest BCUT2D eigenvalue weighted by Gasteiger charge is 2.28. The fourth-order valence-corrected chi connectivity index (χ4v) is 4.68. The molecule has 2 aliphatic rings. The summed E-state index contributed by atoms with van der Waals surface area (Å²) in [7, 11) is 0. The summed E-state index contributed by atoms with van der Waals surface area (Å²) in [5.41, 5.74) is 1.73. The third-order valence-electron chi connectivity index (χ3n) is 6.42. The van der Waals surface area contributed by atoms with Crippen LogP contribution in [0, 0.1) is 0 Å². The van der Waals surface area contributed by atoms with Gasteiger partial charge in [-0.25, -0.2) is 4.79 Å². The van der Waals surface area contributed by atoms with Crippen molar-refractivity contribution in [3.05, 3.63) is 64.4 Å². The van der Waals surface area contributed by atoms with Gasteiger partial charge in [0, 0.05) is 35.3 Å². The number of amides is 2. The topological polar surface area (TPSA) is 86.9 Å². The Hall–Kier alpha value is -3.52. The lowest BCUT2D eigenvalue weighted by Gasteiger charge is -2.30. The number of ether oxygens (including phenoxy) is 2. The van der Waals surface area contributed by atoms with Crippen molar-refractivity contribution in [3.8, 4) is 11.5 Å². The molecule has 1 atom stereocenters. The van der Waals surface area contributed by atoms with Crippen molar-refractivity contribution in [2.24, 2.45) is 0 Å². The van der Waals surface area contributed by atoms with Crippen LogP contribution in [0.25, 0.3) is 10.9 Å². The Balaban J connectivity index is 1.43. The number of carbonyl (C=O) groups excluding carboxylic acids is 1. The van der Waals surface area contributed by atoms with Gasteiger partial charge in [-0.3, -0.25) is 9.69 Å². The maximum absolute atomic E-state index is 13.3. The van der Waals surface area contributed by atoms with Crippen LogP contribution in [0.4, 0.5) is 10.5 Å². The summed E-state index contributed by atoms with van der Waals surface area (Å²) < 4.78 is 10.9. The van der Waals surface area contributed by atoms with E-state index in [1.54, 1.807) is 11.0 Å². The molecule has 8 heteroatoms. The van der Waals surface area contributed by atoms with Crippen LogP contribution in [0.2, 0.25) is 0 Å². The highest BCUT2D eigenvalue weighted by Crippen LogP contribution is 2.35. The minimum absolute atomic E-state index is 0.172. The zero-order chi connectivity index (χ0) is 22.8. The van der Waals surface area contributed by atoms with Crippen LogP contribution in [-0.2, 0) is 6.54 Å². The van der Waals surface area contributed by atoms with Gasteiger partial charge in [0.15, 0.2) is 11.5 Å². The monoisotopic (exact) mass is 448 g/mol. The largest absolute Gasteiger partial charge is 0.454 e. The highest BCUT2D eigenvalue weighted by atomic mass is 16.7. The first-order valence-corrected chi connectivity index (χ1v) is 11.4. The van der Waals surface area contributed by atoms with E-state index in [2.05, 4.69) is 22.1 Å². The smallest absolute Gasteiger partial charge is 0.322 e. The van der Waals surface area contributed by atoms with Gasteiger partial charge in [0.05, 0.1) is 12.1 Å². The molecule has 0 radical (unpaired) electrons. The van der Waals surface area contributed by atoms with E-state index >= 15 is 0 Å². The molecule has 1 unspecified atom stereocenters. The van der Waals surface area contributed by atoms with Gasteiger partial charge in [-0.2, -0.15) is 0 Å². The summed E-state index contributed by atoms with van der Waals surface area (Å²) >= 11 is 0. The Morgan fingerprint density at radius 2 is 1.97 bits per heavy atom. The fourth-order valence-electron chi connectivity index (χ4n) is 4.68. The molecule has 2 aliphatic heterocycles. The predicted octanol–water partition coefficient (Wildman–Crippen LogP) is 3.78. The summed E-state index contributed by atoms with van der Waals surface area (Å²) in [5, 5.41) is 3.82. The first kappa shape index (κ1) is 21.3. The number of H-pyrrole nitrogens is 1. The van der Waals surface area contributed by atoms with Crippen molar-refractivity contribution < 1.29 is 14.3 Å². The molecule has 0 aliphatic carbocycles. The number of anilines is 1. The number of para-hydroxylation sites is 1. The average molecular weight is 449 g/mol. The molecule has 0 spiro atoms. The third kappa shape index (κ3) is 4.52. The van der Waals surface area contributed by atoms with E-state index in [0.29, 0.717) is 29.1 Å². The van der Waals surface area contributed by atoms with Crippen LogP contribution in [-0.4, -0.2) is 53.3 Å². The maximum atomic E-state index is 13.3. The number of fused-ring (bicyclic) bond motifs is 2. The Morgan fingerprint density at radius 1 is 1.18 bits per heavy atom. The van der Waals surface area contributed by atoms with E-state index in [0.717, 1.165) is 37.0 Å². The zero-order valence-electron chi connectivity index (χ0n) is 18.7. The molecule has 3 heterocycles. The van der Waals surface area contributed by atoms with E-state index in [9.17, 15) is 9.59 Å². The van der Waals surface area contributed by atoms with Crippen LogP contribution in [0.1, 0.15) is 25.3 Å². The number of aromatic amines is 1. The number of nitrogens with zero attached hydrogens (tertiary/aromatic N) is 2. The number of pyridine rings is 1. The van der Waals surface area contributed by atoms with Crippen LogP contribution in [0.3, 0.4) is 0 Å². The van der Waals surface area contributed by atoms with Crippen LogP contribution in [0.5, 0.6) is 11.5 Å². The van der Waals surface area contributed by atoms with Crippen molar-refractivity contribution >= 4 is 22.6 Å². The van der Waals surface area contributed by atoms with Crippen LogP contribution in [0.15, 0.2) is 53.3 Å². The van der Waals surface area contributed by atoms with Gasteiger partial charge in [0.1, 0.15) is 0 Å². The van der Waals surface area contributed by atoms with Gasteiger partial charge in [-0.1, -0.05) is 25.1 Å². The van der Waals surface area contributed by atoms with Crippen molar-refractivity contribution in [1.29, 1.82) is 0 Å². The molecular weight excluding hydrogens is 420 g/mol. The number of nitrogens with one attached hydrogen (secondary N) is 2. The summed E-state index contributed by atoms with van der Waals surface area (Å²) in [5.74, 6) is 1.28. The van der Waals surface area contributed by atoms with Crippen molar-refractivity contribution in [2.45, 2.75) is 32.4 Å². The first-order valence-electron chi connectivity index (χ1n) is 11.4. The standard InChI is InChI=1S/C25H28N4O4/c1-2-28-10-6-9-20(28)15-29(25(31)26-19-7-4-3-5-8-19)14-18-11-17-12-22-23(33-16-32-22)13-21(17)27-24(18)30/h3-5,7-8,11-13,20H,2,6,9-10,14-16H2,1H3,(H,26,31)(H,27,30). The molecule has 33 heavy (non-hydrogen) atoms. The molecule has 0 bridgehead atoms. The predicted molar refractivity (Wildman–Crippen MR) is 127 cm³/mol. The Morgan fingerprint density at radius 3 is 2.76 bits per heavy atom. The molecule has 3 aromatic rings. The molecule has 2 amide bonds. The van der Waals surface area contributed by atoms with Crippen molar-refractivity contribution in [2.75, 3.05) is 31.7 Å². The number of likely N-dealkylation sites (tertiary alicyclic amines) is 1. The molecule has 2 aromatic carbocycles. The lowest BCUT2D eigenvalue weighted by Crippen LogP contribution is -2.45. The first-order chi connectivity index (χ1) is 16.1. The van der Waals surface area contributed by atoms with E-state index in [4.69, 9.17) is 9.47 Å². The number of hydrogen-bond donors (Lipinski definition) is 2. The van der Waals surface area contributed by atoms with Crippen LogP contribution < -0.4 is 20.3 Å². The van der Waals surface area contributed by atoms with Crippen LogP contribution >= 0.6 is 0 Å². The lowest BCUT2D eigenvalue weighted by molar-refractivity contribution is 0.174. The molecule has 2 N–H and O–H groups in total. The van der Waals surface area contributed by atoms with Gasteiger partial charge in [-0.15, -0.1) is 0 Å². The second kappa shape index (κ2) is 9.15. The third-order valence-corrected chi connectivity index (χ3v) is 6.42. The number of benzene rings is 2. The Bertz CT molecular complexity index is 1210. The van der Waals surface area contributed by atoms with E-state index < -0.39 is 0 Å². The highest BCUT2D eigenvalue weighted by molar-refractivity contribution is 5.89. The van der Waals surface area contributed by atoms with Gasteiger partial charge < -0.3 is 24.7 Å². The Kier molecular flexibility index (Phi) is 5.92. The van der Waals surface area contributed by atoms with E-state index in [-0.39, 0.29) is 31.0 Å². The number of carbonyl (C=O) groups is 1.